The van der Waals surface area contributed by atoms with Crippen molar-refractivity contribution in [2.75, 3.05) is 0 Å². The second-order valence-electron chi connectivity index (χ2n) is 9.70. The van der Waals surface area contributed by atoms with E-state index in [4.69, 9.17) is 15.3 Å². The van der Waals surface area contributed by atoms with E-state index >= 15 is 0 Å². The Balaban J connectivity index is 5.24. The van der Waals surface area contributed by atoms with Gasteiger partial charge in [0.2, 0.25) is 5.95 Å². The fourth-order valence-corrected chi connectivity index (χ4v) is 3.46. The van der Waals surface area contributed by atoms with Crippen LogP contribution in [0.1, 0.15) is 67.2 Å². The Kier molecular flexibility index (Phi) is 8.38. The normalized spacial score (nSPS) is 13.2. The van der Waals surface area contributed by atoms with Crippen LogP contribution in [0, 0.1) is 12.3 Å². The number of unbranched alkanes of at least 4 members (excludes halogenated alkanes) is 3. The summed E-state index contributed by atoms with van der Waals surface area (Å²) in [6.45, 7) is 22.6. The molecule has 0 rings (SSSR count). The summed E-state index contributed by atoms with van der Waals surface area (Å²) in [6.07, 6.45) is 11.4. The third-order valence-corrected chi connectivity index (χ3v) is 14.1. The van der Waals surface area contributed by atoms with Crippen LogP contribution >= 0.6 is 0 Å². The molecule has 0 aromatic rings. The molecule has 0 radical (unpaired) electrons. The predicted octanol–water partition coefficient (Wildman–Crippen LogP) is 7.07. The van der Waals surface area contributed by atoms with Gasteiger partial charge in [0.25, 0.3) is 16.6 Å². The summed E-state index contributed by atoms with van der Waals surface area (Å²) in [5, 5.41) is 0.318. The molecule has 0 heterocycles. The molecule has 0 atom stereocenters. The number of allylic oxidation sites excluding steroid dienone is 1. The van der Waals surface area contributed by atoms with Gasteiger partial charge in [-0.15, -0.1) is 12.3 Å². The lowest BCUT2D eigenvalue weighted by molar-refractivity contribution is 0.194. The zero-order chi connectivity index (χ0) is 19.2. The molecule has 0 N–H and O–H groups in total. The topological polar surface area (TPSA) is 18.5 Å². The molecule has 0 aromatic carbocycles. The van der Waals surface area contributed by atoms with Crippen LogP contribution in [0.25, 0.3) is 0 Å². The highest BCUT2D eigenvalue weighted by Gasteiger charge is 2.43. The lowest BCUT2D eigenvalue weighted by Gasteiger charge is -2.41. The smallest absolute Gasteiger partial charge is 0.254 e. The Morgan fingerprint density at radius 3 is 1.62 bits per heavy atom. The standard InChI is InChI=1S/C20H40O2Si2/c1-12-13-14-15-16-17-18(21-23(8,9)19(2,3)4)22-24(10,11)20(5,6)7/h1,17H,13-16H2,2-11H3. The Bertz CT molecular complexity index is 428. The van der Waals surface area contributed by atoms with Gasteiger partial charge in [-0.1, -0.05) is 41.5 Å². The largest absolute Gasteiger partial charge is 0.520 e. The number of hydrogen-bond donors (Lipinski definition) is 0. The Hall–Kier alpha value is -0.666. The monoisotopic (exact) mass is 368 g/mol. The van der Waals surface area contributed by atoms with Crippen molar-refractivity contribution in [2.24, 2.45) is 0 Å². The van der Waals surface area contributed by atoms with Crippen LogP contribution < -0.4 is 0 Å². The molecule has 0 aliphatic rings. The molecule has 0 saturated heterocycles. The first-order valence-electron chi connectivity index (χ1n) is 9.16. The van der Waals surface area contributed by atoms with Gasteiger partial charge in [0.05, 0.1) is 0 Å². The molecule has 140 valence electrons. The minimum atomic E-state index is -1.91. The fourth-order valence-electron chi connectivity index (χ4n) is 1.50. The van der Waals surface area contributed by atoms with Gasteiger partial charge < -0.3 is 8.85 Å². The van der Waals surface area contributed by atoms with Crippen LogP contribution in [-0.2, 0) is 8.85 Å². The lowest BCUT2D eigenvalue weighted by Crippen LogP contribution is -2.45. The van der Waals surface area contributed by atoms with Gasteiger partial charge in [-0.2, -0.15) is 0 Å². The first-order chi connectivity index (χ1) is 10.6. The quantitative estimate of drug-likeness (QED) is 0.197. The Labute approximate surface area is 153 Å². The van der Waals surface area contributed by atoms with E-state index in [1.54, 1.807) is 0 Å². The molecular formula is C20H40O2Si2. The third-order valence-electron chi connectivity index (χ3n) is 5.41. The molecule has 0 saturated carbocycles. The predicted molar refractivity (Wildman–Crippen MR) is 112 cm³/mol. The van der Waals surface area contributed by atoms with Crippen LogP contribution in [0.5, 0.6) is 0 Å². The van der Waals surface area contributed by atoms with E-state index in [2.05, 4.69) is 79.7 Å². The van der Waals surface area contributed by atoms with Gasteiger partial charge in [-0.25, -0.2) is 0 Å². The molecule has 0 aliphatic carbocycles. The van der Waals surface area contributed by atoms with Crippen LogP contribution in [0.15, 0.2) is 12.0 Å². The Morgan fingerprint density at radius 2 is 1.29 bits per heavy atom. The van der Waals surface area contributed by atoms with Gasteiger partial charge in [0, 0.05) is 6.42 Å². The van der Waals surface area contributed by atoms with Crippen molar-refractivity contribution >= 4 is 16.6 Å². The van der Waals surface area contributed by atoms with E-state index in [9.17, 15) is 0 Å². The summed E-state index contributed by atoms with van der Waals surface area (Å²) in [5.41, 5.74) is 0. The van der Waals surface area contributed by atoms with Gasteiger partial charge in [-0.05, 0) is 61.6 Å². The molecule has 0 amide bonds. The summed E-state index contributed by atoms with van der Waals surface area (Å²) in [6, 6.07) is 0. The van der Waals surface area contributed by atoms with E-state index in [1.807, 2.05) is 0 Å². The number of terminal acetylenes is 1. The van der Waals surface area contributed by atoms with Crippen LogP contribution in [-0.4, -0.2) is 16.6 Å². The second kappa shape index (κ2) is 8.62. The van der Waals surface area contributed by atoms with Crippen LogP contribution in [0.3, 0.4) is 0 Å². The van der Waals surface area contributed by atoms with Gasteiger partial charge in [0.15, 0.2) is 0 Å². The van der Waals surface area contributed by atoms with Gasteiger partial charge in [-0.3, -0.25) is 0 Å². The molecule has 4 heteroatoms. The highest BCUT2D eigenvalue weighted by Crippen LogP contribution is 2.41. The molecule has 24 heavy (non-hydrogen) atoms. The first-order valence-corrected chi connectivity index (χ1v) is 15.0. The van der Waals surface area contributed by atoms with Crippen LogP contribution in [0.2, 0.25) is 36.3 Å². The minimum absolute atomic E-state index is 0.159. The van der Waals surface area contributed by atoms with E-state index in [0.29, 0.717) is 0 Å². The van der Waals surface area contributed by atoms with E-state index < -0.39 is 16.6 Å². The average Bonchev–Trinajstić information content (AvgIpc) is 2.34. The Morgan fingerprint density at radius 1 is 0.875 bits per heavy atom. The maximum atomic E-state index is 6.51. The second-order valence-corrected chi connectivity index (χ2v) is 19.1. The molecule has 2 nitrogen and oxygen atoms in total. The molecule has 0 aliphatic heterocycles. The van der Waals surface area contributed by atoms with Crippen molar-refractivity contribution in [1.29, 1.82) is 0 Å². The summed E-state index contributed by atoms with van der Waals surface area (Å²) in [4.78, 5) is 0. The van der Waals surface area contributed by atoms with Crippen molar-refractivity contribution in [3.05, 3.63) is 12.0 Å². The minimum Gasteiger partial charge on any atom is -0.520 e. The van der Waals surface area contributed by atoms with Crippen molar-refractivity contribution in [2.45, 2.75) is 103 Å². The van der Waals surface area contributed by atoms with Crippen molar-refractivity contribution in [3.63, 3.8) is 0 Å². The zero-order valence-electron chi connectivity index (χ0n) is 17.8. The van der Waals surface area contributed by atoms with Gasteiger partial charge in [0.1, 0.15) is 0 Å². The van der Waals surface area contributed by atoms with E-state index in [1.165, 1.54) is 0 Å². The van der Waals surface area contributed by atoms with E-state index in [0.717, 1.165) is 31.6 Å². The average molecular weight is 369 g/mol. The molecular weight excluding hydrogens is 328 g/mol. The summed E-state index contributed by atoms with van der Waals surface area (Å²) in [5.74, 6) is 3.46. The molecule has 0 fully saturated rings. The highest BCUT2D eigenvalue weighted by atomic mass is 28.4. The maximum Gasteiger partial charge on any atom is 0.254 e. The van der Waals surface area contributed by atoms with Crippen molar-refractivity contribution < 1.29 is 8.85 Å². The summed E-state index contributed by atoms with van der Waals surface area (Å²) >= 11 is 0. The molecule has 0 unspecified atom stereocenters. The van der Waals surface area contributed by atoms with E-state index in [-0.39, 0.29) is 10.1 Å². The maximum absolute atomic E-state index is 6.51. The van der Waals surface area contributed by atoms with Crippen molar-refractivity contribution in [3.8, 4) is 12.3 Å². The van der Waals surface area contributed by atoms with Crippen LogP contribution in [0.4, 0.5) is 0 Å². The van der Waals surface area contributed by atoms with Crippen molar-refractivity contribution in [1.82, 2.24) is 0 Å². The SMILES string of the molecule is C#CCCCCC=C(O[Si](C)(C)C(C)(C)C)O[Si](C)(C)C(C)(C)C. The summed E-state index contributed by atoms with van der Waals surface area (Å²) < 4.78 is 13.0. The number of hydrogen-bond acceptors (Lipinski definition) is 2. The highest BCUT2D eigenvalue weighted by molar-refractivity contribution is 6.75. The fraction of sp³-hybridized carbons (Fsp3) is 0.800. The molecule has 0 spiro atoms. The summed E-state index contributed by atoms with van der Waals surface area (Å²) in [7, 11) is -3.81. The van der Waals surface area contributed by atoms with Gasteiger partial charge >= 0.3 is 0 Å². The molecule has 0 bridgehead atoms. The number of rotatable bonds is 8. The zero-order valence-corrected chi connectivity index (χ0v) is 19.8. The first kappa shape index (κ1) is 23.3. The molecule has 0 aromatic heterocycles. The third kappa shape index (κ3) is 7.48. The lowest BCUT2D eigenvalue weighted by atomic mass is 10.2.